The second-order valence-electron chi connectivity index (χ2n) is 3.74. The smallest absolute Gasteiger partial charge is 0.305 e. The van der Waals surface area contributed by atoms with E-state index in [4.69, 9.17) is 5.11 Å². The number of fused-ring (bicyclic) bond motifs is 1. The molecule has 0 saturated heterocycles. The van der Waals surface area contributed by atoms with E-state index in [1.54, 1.807) is 13.0 Å². The predicted octanol–water partition coefficient (Wildman–Crippen LogP) is 2.45. The van der Waals surface area contributed by atoms with Crippen molar-refractivity contribution in [2.45, 2.75) is 32.6 Å². The number of carbonyl (C=O) groups is 1. The van der Waals surface area contributed by atoms with Gasteiger partial charge in [-0.25, -0.2) is 0 Å². The fourth-order valence-electron chi connectivity index (χ4n) is 1.70. The van der Waals surface area contributed by atoms with Crippen molar-refractivity contribution < 1.29 is 14.6 Å². The van der Waals surface area contributed by atoms with Crippen LogP contribution >= 0.6 is 0 Å². The Balaban J connectivity index is 0.000000187. The lowest BCUT2D eigenvalue weighted by Crippen LogP contribution is -1.94. The van der Waals surface area contributed by atoms with Crippen LogP contribution in [0.4, 0.5) is 0 Å². The third kappa shape index (κ3) is 3.57. The molecule has 0 amide bonds. The first-order valence-corrected chi connectivity index (χ1v) is 5.55. The second kappa shape index (κ2) is 6.16. The van der Waals surface area contributed by atoms with Gasteiger partial charge in [-0.3, -0.25) is 4.79 Å². The molecule has 16 heavy (non-hydrogen) atoms. The molecule has 0 aromatic heterocycles. The van der Waals surface area contributed by atoms with E-state index in [9.17, 15) is 4.79 Å². The van der Waals surface area contributed by atoms with Crippen LogP contribution in [0.3, 0.4) is 0 Å². The largest absolute Gasteiger partial charge is 0.508 e. The van der Waals surface area contributed by atoms with Gasteiger partial charge in [0.25, 0.3) is 0 Å². The number of benzene rings is 1. The summed E-state index contributed by atoms with van der Waals surface area (Å²) in [6, 6.07) is 5.67. The van der Waals surface area contributed by atoms with Crippen molar-refractivity contribution in [3.63, 3.8) is 0 Å². The Morgan fingerprint density at radius 3 is 2.62 bits per heavy atom. The molecule has 3 heteroatoms. The third-order valence-electron chi connectivity index (χ3n) is 2.60. The maximum Gasteiger partial charge on any atom is 0.305 e. The first-order valence-electron chi connectivity index (χ1n) is 5.55. The van der Waals surface area contributed by atoms with Gasteiger partial charge in [-0.15, -0.1) is 0 Å². The molecule has 1 N–H and O–H groups in total. The molecule has 0 saturated carbocycles. The molecule has 88 valence electrons. The summed E-state index contributed by atoms with van der Waals surface area (Å²) in [5, 5.41) is 9.10. The van der Waals surface area contributed by atoms with Crippen LogP contribution in [0.5, 0.6) is 5.75 Å². The Morgan fingerprint density at radius 2 is 2.06 bits per heavy atom. The molecule has 0 unspecified atom stereocenters. The number of phenolic OH excluding ortho intramolecular Hbond substituents is 1. The Morgan fingerprint density at radius 1 is 1.38 bits per heavy atom. The van der Waals surface area contributed by atoms with Crippen molar-refractivity contribution in [2.24, 2.45) is 0 Å². The zero-order chi connectivity index (χ0) is 12.0. The van der Waals surface area contributed by atoms with Gasteiger partial charge in [-0.2, -0.15) is 0 Å². The Bertz CT molecular complexity index is 352. The second-order valence-corrected chi connectivity index (χ2v) is 3.74. The van der Waals surface area contributed by atoms with Crippen LogP contribution in [-0.2, 0) is 22.4 Å². The van der Waals surface area contributed by atoms with Gasteiger partial charge in [0.05, 0.1) is 7.11 Å². The van der Waals surface area contributed by atoms with Crippen LogP contribution < -0.4 is 0 Å². The average molecular weight is 222 g/mol. The summed E-state index contributed by atoms with van der Waals surface area (Å²) in [6.45, 7) is 1.76. The van der Waals surface area contributed by atoms with Crippen LogP contribution in [0, 0.1) is 0 Å². The molecular formula is C13H18O3. The molecule has 0 bridgehead atoms. The van der Waals surface area contributed by atoms with Gasteiger partial charge in [0, 0.05) is 6.42 Å². The molecule has 0 atom stereocenters. The van der Waals surface area contributed by atoms with Gasteiger partial charge in [0.15, 0.2) is 0 Å². The van der Waals surface area contributed by atoms with E-state index in [0.29, 0.717) is 12.2 Å². The van der Waals surface area contributed by atoms with Gasteiger partial charge in [0.1, 0.15) is 5.75 Å². The van der Waals surface area contributed by atoms with Crippen LogP contribution in [0.15, 0.2) is 18.2 Å². The van der Waals surface area contributed by atoms with E-state index in [2.05, 4.69) is 4.74 Å². The summed E-state index contributed by atoms with van der Waals surface area (Å²) in [5.41, 5.74) is 2.75. The highest BCUT2D eigenvalue weighted by Gasteiger charge is 2.09. The molecule has 0 heterocycles. The number of rotatable bonds is 1. The topological polar surface area (TPSA) is 46.5 Å². The van der Waals surface area contributed by atoms with Crippen molar-refractivity contribution in [1.82, 2.24) is 0 Å². The first-order chi connectivity index (χ1) is 7.67. The standard InChI is InChI=1S/C9H10O.C4H8O2/c10-9-5-4-7-2-1-3-8(7)6-9;1-3-4(5)6-2/h4-6,10H,1-3H2;3H2,1-2H3. The lowest BCUT2D eigenvalue weighted by molar-refractivity contribution is -0.140. The van der Waals surface area contributed by atoms with Crippen molar-refractivity contribution in [1.29, 1.82) is 0 Å². The zero-order valence-corrected chi connectivity index (χ0v) is 9.82. The summed E-state index contributed by atoms with van der Waals surface area (Å²) in [5.74, 6) is 0.246. The van der Waals surface area contributed by atoms with Gasteiger partial charge < -0.3 is 9.84 Å². The number of esters is 1. The van der Waals surface area contributed by atoms with Crippen LogP contribution in [0.1, 0.15) is 30.9 Å². The van der Waals surface area contributed by atoms with Crippen molar-refractivity contribution in [3.8, 4) is 5.75 Å². The lowest BCUT2D eigenvalue weighted by Gasteiger charge is -1.97. The van der Waals surface area contributed by atoms with Gasteiger partial charge >= 0.3 is 5.97 Å². The maximum absolute atomic E-state index is 9.96. The molecule has 0 radical (unpaired) electrons. The van der Waals surface area contributed by atoms with E-state index in [0.717, 1.165) is 6.42 Å². The number of phenols is 1. The number of methoxy groups -OCH3 is 1. The molecule has 2 rings (SSSR count). The third-order valence-corrected chi connectivity index (χ3v) is 2.60. The van der Waals surface area contributed by atoms with Gasteiger partial charge in [-0.05, 0) is 42.5 Å². The Labute approximate surface area is 96.1 Å². The Hall–Kier alpha value is -1.51. The molecule has 0 fully saturated rings. The Kier molecular flexibility index (Phi) is 4.83. The first kappa shape index (κ1) is 12.6. The van der Waals surface area contributed by atoms with Crippen molar-refractivity contribution in [3.05, 3.63) is 29.3 Å². The van der Waals surface area contributed by atoms with Crippen LogP contribution in [0.25, 0.3) is 0 Å². The molecule has 3 nitrogen and oxygen atoms in total. The van der Waals surface area contributed by atoms with Crippen LogP contribution in [0.2, 0.25) is 0 Å². The normalized spacial score (nSPS) is 12.4. The summed E-state index contributed by atoms with van der Waals surface area (Å²) < 4.78 is 4.26. The summed E-state index contributed by atoms with van der Waals surface area (Å²) in [6.07, 6.45) is 4.05. The number of aryl methyl sites for hydroxylation is 2. The highest BCUT2D eigenvalue weighted by atomic mass is 16.5. The van der Waals surface area contributed by atoms with E-state index in [-0.39, 0.29) is 5.97 Å². The van der Waals surface area contributed by atoms with Crippen LogP contribution in [-0.4, -0.2) is 18.2 Å². The molecular weight excluding hydrogens is 204 g/mol. The summed E-state index contributed by atoms with van der Waals surface area (Å²) in [7, 11) is 1.38. The number of ether oxygens (including phenoxy) is 1. The minimum atomic E-state index is -0.157. The molecule has 1 aliphatic carbocycles. The monoisotopic (exact) mass is 222 g/mol. The summed E-state index contributed by atoms with van der Waals surface area (Å²) >= 11 is 0. The number of aromatic hydroxyl groups is 1. The highest BCUT2D eigenvalue weighted by Crippen LogP contribution is 2.24. The van der Waals surface area contributed by atoms with Crippen molar-refractivity contribution in [2.75, 3.05) is 7.11 Å². The molecule has 1 aromatic carbocycles. The number of hydrogen-bond acceptors (Lipinski definition) is 3. The predicted molar refractivity (Wildman–Crippen MR) is 62.4 cm³/mol. The number of hydrogen-bond donors (Lipinski definition) is 1. The minimum absolute atomic E-state index is 0.157. The SMILES string of the molecule is CCC(=O)OC.Oc1ccc2c(c1)CCC2. The van der Waals surface area contributed by atoms with E-state index < -0.39 is 0 Å². The fourth-order valence-corrected chi connectivity index (χ4v) is 1.70. The van der Waals surface area contributed by atoms with E-state index >= 15 is 0 Å². The quantitative estimate of drug-likeness (QED) is 0.742. The molecule has 1 aromatic rings. The molecule has 0 spiro atoms. The lowest BCUT2D eigenvalue weighted by atomic mass is 10.1. The average Bonchev–Trinajstić information content (AvgIpc) is 2.75. The number of carbonyl (C=O) groups excluding carboxylic acids is 1. The minimum Gasteiger partial charge on any atom is -0.508 e. The fraction of sp³-hybridized carbons (Fsp3) is 0.462. The maximum atomic E-state index is 9.96. The summed E-state index contributed by atoms with van der Waals surface area (Å²) in [4.78, 5) is 9.96. The zero-order valence-electron chi connectivity index (χ0n) is 9.82. The van der Waals surface area contributed by atoms with Crippen molar-refractivity contribution >= 4 is 5.97 Å². The highest BCUT2D eigenvalue weighted by molar-refractivity contribution is 5.68. The van der Waals surface area contributed by atoms with E-state index in [1.807, 2.05) is 12.1 Å². The van der Waals surface area contributed by atoms with E-state index in [1.165, 1.54) is 31.1 Å². The van der Waals surface area contributed by atoms with Gasteiger partial charge in [0.2, 0.25) is 0 Å². The van der Waals surface area contributed by atoms with Gasteiger partial charge in [-0.1, -0.05) is 13.0 Å². The molecule has 1 aliphatic rings. The molecule has 0 aliphatic heterocycles.